The molecule has 1 aromatic rings. The number of aliphatic hydroxyl groups excluding tert-OH is 1. The van der Waals surface area contributed by atoms with Gasteiger partial charge >= 0.3 is 5.97 Å². The van der Waals surface area contributed by atoms with Gasteiger partial charge in [0.1, 0.15) is 5.56 Å². The Bertz CT molecular complexity index is 461. The van der Waals surface area contributed by atoms with Crippen LogP contribution in [0.25, 0.3) is 0 Å². The molecule has 0 amide bonds. The summed E-state index contributed by atoms with van der Waals surface area (Å²) >= 11 is 0. The Labute approximate surface area is 104 Å². The van der Waals surface area contributed by atoms with Gasteiger partial charge in [-0.25, -0.2) is 14.2 Å². The van der Waals surface area contributed by atoms with Crippen molar-refractivity contribution in [2.75, 3.05) is 18.5 Å². The number of carboxylic acids is 1. The minimum Gasteiger partial charge on any atom is -0.478 e. The maximum absolute atomic E-state index is 13.9. The number of anilines is 1. The van der Waals surface area contributed by atoms with E-state index in [2.05, 4.69) is 4.98 Å². The Hall–Kier alpha value is -1.69. The van der Waals surface area contributed by atoms with Gasteiger partial charge in [0, 0.05) is 19.8 Å². The van der Waals surface area contributed by atoms with Crippen molar-refractivity contribution < 1.29 is 19.4 Å². The van der Waals surface area contributed by atoms with Crippen LogP contribution in [-0.4, -0.2) is 40.9 Å². The summed E-state index contributed by atoms with van der Waals surface area (Å²) in [7, 11) is 1.67. The first-order chi connectivity index (χ1) is 8.49. The Morgan fingerprint density at radius 1 is 1.61 bits per heavy atom. The van der Waals surface area contributed by atoms with E-state index >= 15 is 0 Å². The van der Waals surface area contributed by atoms with Gasteiger partial charge in [-0.05, 0) is 24.8 Å². The standard InChI is InChI=1S/C12H15FN2O3/c1-15(6-7-4-8(16)5-7)11-10(13)9(12(17)18)2-3-14-11/h2-3,7-8,16H,4-6H2,1H3,(H,17,18). The Kier molecular flexibility index (Phi) is 3.47. The van der Waals surface area contributed by atoms with Crippen molar-refractivity contribution in [3.8, 4) is 0 Å². The number of halogens is 1. The molecular formula is C12H15FN2O3. The van der Waals surface area contributed by atoms with Crippen molar-refractivity contribution in [3.05, 3.63) is 23.6 Å². The molecule has 1 saturated carbocycles. The number of aromatic carboxylic acids is 1. The summed E-state index contributed by atoms with van der Waals surface area (Å²) in [5.74, 6) is -1.77. The van der Waals surface area contributed by atoms with Crippen molar-refractivity contribution in [2.24, 2.45) is 5.92 Å². The molecule has 0 spiro atoms. The Morgan fingerprint density at radius 3 is 2.83 bits per heavy atom. The highest BCUT2D eigenvalue weighted by Crippen LogP contribution is 2.29. The highest BCUT2D eigenvalue weighted by molar-refractivity contribution is 5.88. The van der Waals surface area contributed by atoms with Crippen LogP contribution in [0.2, 0.25) is 0 Å². The molecule has 0 radical (unpaired) electrons. The summed E-state index contributed by atoms with van der Waals surface area (Å²) in [6.07, 6.45) is 2.43. The van der Waals surface area contributed by atoms with Gasteiger partial charge in [-0.15, -0.1) is 0 Å². The average Bonchev–Trinajstić information content (AvgIpc) is 2.26. The van der Waals surface area contributed by atoms with Gasteiger partial charge in [0.15, 0.2) is 11.6 Å². The second-order valence-corrected chi connectivity index (χ2v) is 4.67. The number of pyridine rings is 1. The maximum Gasteiger partial charge on any atom is 0.338 e. The number of carboxylic acid groups (broad SMARTS) is 1. The second-order valence-electron chi connectivity index (χ2n) is 4.67. The molecule has 1 heterocycles. The molecule has 1 aliphatic carbocycles. The normalized spacial score (nSPS) is 22.4. The van der Waals surface area contributed by atoms with E-state index in [4.69, 9.17) is 5.11 Å². The van der Waals surface area contributed by atoms with E-state index in [1.807, 2.05) is 0 Å². The molecule has 6 heteroatoms. The van der Waals surface area contributed by atoms with Crippen LogP contribution in [0, 0.1) is 11.7 Å². The number of hydrogen-bond donors (Lipinski definition) is 2. The molecule has 0 atom stereocenters. The van der Waals surface area contributed by atoms with Crippen molar-refractivity contribution in [1.29, 1.82) is 0 Å². The van der Waals surface area contributed by atoms with Crippen LogP contribution < -0.4 is 4.90 Å². The van der Waals surface area contributed by atoms with E-state index < -0.39 is 11.8 Å². The molecule has 18 heavy (non-hydrogen) atoms. The van der Waals surface area contributed by atoms with Crippen molar-refractivity contribution in [3.63, 3.8) is 0 Å². The molecular weight excluding hydrogens is 239 g/mol. The van der Waals surface area contributed by atoms with E-state index in [1.54, 1.807) is 11.9 Å². The topological polar surface area (TPSA) is 73.7 Å². The van der Waals surface area contributed by atoms with Gasteiger partial charge in [0.05, 0.1) is 6.10 Å². The first-order valence-electron chi connectivity index (χ1n) is 5.76. The maximum atomic E-state index is 13.9. The van der Waals surface area contributed by atoms with Crippen LogP contribution in [0.5, 0.6) is 0 Å². The zero-order valence-corrected chi connectivity index (χ0v) is 10.0. The molecule has 1 fully saturated rings. The summed E-state index contributed by atoms with van der Waals surface area (Å²) in [4.78, 5) is 16.3. The summed E-state index contributed by atoms with van der Waals surface area (Å²) in [5, 5.41) is 18.0. The predicted molar refractivity (Wildman–Crippen MR) is 63.2 cm³/mol. The fraction of sp³-hybridized carbons (Fsp3) is 0.500. The van der Waals surface area contributed by atoms with Crippen LogP contribution in [0.3, 0.4) is 0 Å². The number of carbonyl (C=O) groups is 1. The third-order valence-electron chi connectivity index (χ3n) is 3.21. The van der Waals surface area contributed by atoms with Gasteiger partial charge < -0.3 is 15.1 Å². The Balaban J connectivity index is 2.12. The van der Waals surface area contributed by atoms with Crippen LogP contribution in [0.1, 0.15) is 23.2 Å². The fourth-order valence-electron chi connectivity index (χ4n) is 2.19. The molecule has 0 unspecified atom stereocenters. The number of nitrogens with zero attached hydrogens (tertiary/aromatic N) is 2. The number of aliphatic hydroxyl groups is 1. The number of rotatable bonds is 4. The molecule has 0 saturated heterocycles. The van der Waals surface area contributed by atoms with Gasteiger partial charge in [0.25, 0.3) is 0 Å². The van der Waals surface area contributed by atoms with Crippen molar-refractivity contribution in [1.82, 2.24) is 4.98 Å². The largest absolute Gasteiger partial charge is 0.478 e. The van der Waals surface area contributed by atoms with E-state index in [0.717, 1.165) is 6.07 Å². The molecule has 1 aromatic heterocycles. The monoisotopic (exact) mass is 254 g/mol. The number of hydrogen-bond acceptors (Lipinski definition) is 4. The lowest BCUT2D eigenvalue weighted by Gasteiger charge is -2.34. The predicted octanol–water partition coefficient (Wildman–Crippen LogP) is 1.13. The van der Waals surface area contributed by atoms with Crippen LogP contribution in [0.4, 0.5) is 10.2 Å². The van der Waals surface area contributed by atoms with Crippen LogP contribution >= 0.6 is 0 Å². The van der Waals surface area contributed by atoms with Gasteiger partial charge in [-0.3, -0.25) is 0 Å². The lowest BCUT2D eigenvalue weighted by Crippen LogP contribution is -2.37. The summed E-state index contributed by atoms with van der Waals surface area (Å²) < 4.78 is 13.9. The molecule has 0 aromatic carbocycles. The number of aromatic nitrogens is 1. The highest BCUT2D eigenvalue weighted by Gasteiger charge is 2.29. The zero-order valence-electron chi connectivity index (χ0n) is 10.0. The third-order valence-corrected chi connectivity index (χ3v) is 3.21. The van der Waals surface area contributed by atoms with Gasteiger partial charge in [-0.2, -0.15) is 0 Å². The van der Waals surface area contributed by atoms with E-state index in [0.29, 0.717) is 25.3 Å². The van der Waals surface area contributed by atoms with E-state index in [9.17, 15) is 14.3 Å². The van der Waals surface area contributed by atoms with Crippen LogP contribution in [0.15, 0.2) is 12.3 Å². The highest BCUT2D eigenvalue weighted by atomic mass is 19.1. The zero-order chi connectivity index (χ0) is 13.3. The Morgan fingerprint density at radius 2 is 2.28 bits per heavy atom. The fourth-order valence-corrected chi connectivity index (χ4v) is 2.19. The summed E-state index contributed by atoms with van der Waals surface area (Å²) in [6, 6.07) is 1.14. The quantitative estimate of drug-likeness (QED) is 0.842. The minimum absolute atomic E-state index is 0.0382. The van der Waals surface area contributed by atoms with Gasteiger partial charge in [0.2, 0.25) is 0 Å². The molecule has 0 aliphatic heterocycles. The minimum atomic E-state index is -1.30. The van der Waals surface area contributed by atoms with Crippen molar-refractivity contribution >= 4 is 11.8 Å². The molecule has 0 bridgehead atoms. The summed E-state index contributed by atoms with van der Waals surface area (Å²) in [6.45, 7) is 0.560. The average molecular weight is 254 g/mol. The van der Waals surface area contributed by atoms with Gasteiger partial charge in [-0.1, -0.05) is 0 Å². The third kappa shape index (κ3) is 2.43. The lowest BCUT2D eigenvalue weighted by molar-refractivity contribution is 0.0464. The first-order valence-corrected chi connectivity index (χ1v) is 5.76. The van der Waals surface area contributed by atoms with Crippen LogP contribution in [-0.2, 0) is 0 Å². The van der Waals surface area contributed by atoms with E-state index in [-0.39, 0.29) is 17.5 Å². The van der Waals surface area contributed by atoms with E-state index in [1.165, 1.54) is 6.20 Å². The SMILES string of the molecule is CN(CC1CC(O)C1)c1nccc(C(=O)O)c1F. The molecule has 2 rings (SSSR count). The smallest absolute Gasteiger partial charge is 0.338 e. The first kappa shape index (κ1) is 12.8. The molecule has 1 aliphatic rings. The summed E-state index contributed by atoms with van der Waals surface area (Å²) in [5.41, 5.74) is -0.375. The van der Waals surface area contributed by atoms with Crippen molar-refractivity contribution in [2.45, 2.75) is 18.9 Å². The molecule has 98 valence electrons. The lowest BCUT2D eigenvalue weighted by atomic mass is 9.82. The molecule has 5 nitrogen and oxygen atoms in total. The molecule has 2 N–H and O–H groups in total. The second kappa shape index (κ2) is 4.89.